The molecule has 4 heteroatoms. The predicted molar refractivity (Wildman–Crippen MR) is 69.0 cm³/mol. The molecule has 0 saturated heterocycles. The second kappa shape index (κ2) is 4.44. The Balaban J connectivity index is 1.94. The summed E-state index contributed by atoms with van der Waals surface area (Å²) in [6.45, 7) is 3.00. The second-order valence-electron chi connectivity index (χ2n) is 4.87. The van der Waals surface area contributed by atoms with Crippen molar-refractivity contribution in [2.45, 2.75) is 32.4 Å². The zero-order chi connectivity index (χ0) is 12.5. The fourth-order valence-electron chi connectivity index (χ4n) is 2.59. The van der Waals surface area contributed by atoms with Crippen LogP contribution in [0.4, 0.5) is 10.1 Å². The Kier molecular flexibility index (Phi) is 2.78. The van der Waals surface area contributed by atoms with Crippen molar-refractivity contribution in [1.29, 1.82) is 0 Å². The number of H-pyrrole nitrogens is 1. The van der Waals surface area contributed by atoms with Gasteiger partial charge in [-0.2, -0.15) is 0 Å². The van der Waals surface area contributed by atoms with E-state index in [4.69, 9.17) is 0 Å². The van der Waals surface area contributed by atoms with Crippen molar-refractivity contribution >= 4 is 5.69 Å². The molecule has 2 heterocycles. The summed E-state index contributed by atoms with van der Waals surface area (Å²) in [5.74, 6) is -0.148. The lowest BCUT2D eigenvalue weighted by atomic mass is 9.96. The van der Waals surface area contributed by atoms with E-state index >= 15 is 0 Å². The molecule has 0 saturated carbocycles. The molecule has 1 aliphatic rings. The summed E-state index contributed by atoms with van der Waals surface area (Å²) < 4.78 is 13.3. The number of hydrogen-bond donors (Lipinski definition) is 1. The zero-order valence-corrected chi connectivity index (χ0v) is 10.4. The zero-order valence-electron chi connectivity index (χ0n) is 10.4. The topological polar surface area (TPSA) is 31.9 Å². The maximum atomic E-state index is 13.3. The van der Waals surface area contributed by atoms with Crippen molar-refractivity contribution in [3.63, 3.8) is 0 Å². The smallest absolute Gasteiger partial charge is 0.123 e. The molecule has 0 spiro atoms. The van der Waals surface area contributed by atoms with Gasteiger partial charge in [-0.3, -0.25) is 0 Å². The fourth-order valence-corrected chi connectivity index (χ4v) is 2.59. The van der Waals surface area contributed by atoms with E-state index in [1.165, 1.54) is 6.07 Å². The number of rotatable bonds is 2. The number of nitrogens with one attached hydrogen (secondary N) is 1. The Hall–Kier alpha value is -1.84. The average Bonchev–Trinajstić information content (AvgIpc) is 2.86. The number of hydrogen-bond acceptors (Lipinski definition) is 2. The van der Waals surface area contributed by atoms with Gasteiger partial charge >= 0.3 is 0 Å². The van der Waals surface area contributed by atoms with Gasteiger partial charge in [-0.15, -0.1) is 0 Å². The van der Waals surface area contributed by atoms with E-state index in [0.717, 1.165) is 36.3 Å². The van der Waals surface area contributed by atoms with Crippen LogP contribution in [0.5, 0.6) is 0 Å². The van der Waals surface area contributed by atoms with Crippen LogP contribution in [0.1, 0.15) is 24.6 Å². The molecule has 1 aromatic heterocycles. The lowest BCUT2D eigenvalue weighted by Gasteiger charge is -2.36. The Labute approximate surface area is 106 Å². The normalized spacial score (nSPS) is 18.8. The molecule has 1 N–H and O–H groups in total. The minimum atomic E-state index is -0.148. The number of aryl methyl sites for hydroxylation is 1. The van der Waals surface area contributed by atoms with Gasteiger partial charge in [0.25, 0.3) is 0 Å². The summed E-state index contributed by atoms with van der Waals surface area (Å²) in [6, 6.07) is 5.54. The van der Waals surface area contributed by atoms with Crippen LogP contribution in [0.15, 0.2) is 30.7 Å². The van der Waals surface area contributed by atoms with Gasteiger partial charge in [-0.1, -0.05) is 0 Å². The lowest BCUT2D eigenvalue weighted by Crippen LogP contribution is -2.36. The largest absolute Gasteiger partial charge is 0.363 e. The summed E-state index contributed by atoms with van der Waals surface area (Å²) in [4.78, 5) is 9.47. The molecule has 1 aromatic carbocycles. The van der Waals surface area contributed by atoms with E-state index in [-0.39, 0.29) is 5.82 Å². The van der Waals surface area contributed by atoms with E-state index in [2.05, 4.69) is 21.8 Å². The standard InChI is InChI=1S/C14H16FN3/c1-10-2-3-11-6-12(15)4-5-14(11)18(10)8-13-7-16-9-17-13/h4-7,9-10H,2-3,8H2,1H3,(H,16,17)/t10-/m1/s1. The minimum absolute atomic E-state index is 0.148. The van der Waals surface area contributed by atoms with Crippen molar-refractivity contribution in [2.75, 3.05) is 4.90 Å². The molecular weight excluding hydrogens is 229 g/mol. The molecule has 94 valence electrons. The van der Waals surface area contributed by atoms with Gasteiger partial charge in [0, 0.05) is 17.9 Å². The summed E-state index contributed by atoms with van der Waals surface area (Å²) in [5, 5.41) is 0. The fraction of sp³-hybridized carbons (Fsp3) is 0.357. The third-order valence-electron chi connectivity index (χ3n) is 3.61. The Morgan fingerprint density at radius 3 is 3.17 bits per heavy atom. The van der Waals surface area contributed by atoms with Gasteiger partial charge in [-0.25, -0.2) is 9.37 Å². The molecule has 0 unspecified atom stereocenters. The number of aromatic amines is 1. The van der Waals surface area contributed by atoms with E-state index < -0.39 is 0 Å². The average molecular weight is 245 g/mol. The van der Waals surface area contributed by atoms with Crippen molar-refractivity contribution in [2.24, 2.45) is 0 Å². The number of anilines is 1. The highest BCUT2D eigenvalue weighted by Gasteiger charge is 2.23. The molecule has 0 aliphatic carbocycles. The monoisotopic (exact) mass is 245 g/mol. The SMILES string of the molecule is C[C@@H]1CCc2cc(F)ccc2N1Cc1cnc[nH]1. The van der Waals surface area contributed by atoms with Crippen LogP contribution in [0, 0.1) is 5.82 Å². The summed E-state index contributed by atoms with van der Waals surface area (Å²) in [5.41, 5.74) is 3.33. The molecule has 0 bridgehead atoms. The molecular formula is C14H16FN3. The van der Waals surface area contributed by atoms with Crippen LogP contribution in [-0.2, 0) is 13.0 Å². The molecule has 0 fully saturated rings. The second-order valence-corrected chi connectivity index (χ2v) is 4.87. The van der Waals surface area contributed by atoms with Gasteiger partial charge < -0.3 is 9.88 Å². The van der Waals surface area contributed by atoms with Crippen molar-refractivity contribution in [3.05, 3.63) is 47.8 Å². The highest BCUT2D eigenvalue weighted by Crippen LogP contribution is 2.32. The number of aromatic nitrogens is 2. The Morgan fingerprint density at radius 1 is 1.50 bits per heavy atom. The van der Waals surface area contributed by atoms with Crippen LogP contribution in [0.3, 0.4) is 0 Å². The molecule has 2 aromatic rings. The first-order chi connectivity index (χ1) is 8.74. The van der Waals surface area contributed by atoms with E-state index in [9.17, 15) is 4.39 Å². The quantitative estimate of drug-likeness (QED) is 0.882. The highest BCUT2D eigenvalue weighted by atomic mass is 19.1. The van der Waals surface area contributed by atoms with Crippen LogP contribution < -0.4 is 4.90 Å². The molecule has 1 atom stereocenters. The van der Waals surface area contributed by atoms with Gasteiger partial charge in [0.15, 0.2) is 0 Å². The summed E-state index contributed by atoms with van der Waals surface area (Å²) in [6.07, 6.45) is 5.54. The molecule has 3 rings (SSSR count). The number of imidazole rings is 1. The predicted octanol–water partition coefficient (Wildman–Crippen LogP) is 2.89. The molecule has 3 nitrogen and oxygen atoms in total. The number of halogens is 1. The third-order valence-corrected chi connectivity index (χ3v) is 3.61. The van der Waals surface area contributed by atoms with Gasteiger partial charge in [-0.05, 0) is 43.5 Å². The van der Waals surface area contributed by atoms with Crippen molar-refractivity contribution in [3.8, 4) is 0 Å². The van der Waals surface area contributed by atoms with Gasteiger partial charge in [0.05, 0.1) is 18.6 Å². The molecule has 0 amide bonds. The third kappa shape index (κ3) is 1.98. The number of benzene rings is 1. The summed E-state index contributed by atoms with van der Waals surface area (Å²) in [7, 11) is 0. The highest BCUT2D eigenvalue weighted by molar-refractivity contribution is 5.56. The van der Waals surface area contributed by atoms with E-state index in [1.807, 2.05) is 12.3 Å². The first kappa shape index (κ1) is 11.3. The van der Waals surface area contributed by atoms with Gasteiger partial charge in [0.2, 0.25) is 0 Å². The molecule has 0 radical (unpaired) electrons. The number of fused-ring (bicyclic) bond motifs is 1. The van der Waals surface area contributed by atoms with E-state index in [0.29, 0.717) is 6.04 Å². The van der Waals surface area contributed by atoms with Crippen molar-refractivity contribution < 1.29 is 4.39 Å². The lowest BCUT2D eigenvalue weighted by molar-refractivity contribution is 0.551. The Bertz CT molecular complexity index is 536. The van der Waals surface area contributed by atoms with E-state index in [1.54, 1.807) is 12.4 Å². The van der Waals surface area contributed by atoms with Crippen LogP contribution in [-0.4, -0.2) is 16.0 Å². The van der Waals surface area contributed by atoms with Crippen LogP contribution in [0.25, 0.3) is 0 Å². The molecule has 1 aliphatic heterocycles. The first-order valence-corrected chi connectivity index (χ1v) is 6.26. The van der Waals surface area contributed by atoms with Crippen LogP contribution >= 0.6 is 0 Å². The number of nitrogens with zero attached hydrogens (tertiary/aromatic N) is 2. The molecule has 18 heavy (non-hydrogen) atoms. The minimum Gasteiger partial charge on any atom is -0.363 e. The maximum absolute atomic E-state index is 13.3. The first-order valence-electron chi connectivity index (χ1n) is 6.26. The Morgan fingerprint density at radius 2 is 2.39 bits per heavy atom. The van der Waals surface area contributed by atoms with Crippen molar-refractivity contribution in [1.82, 2.24) is 9.97 Å². The maximum Gasteiger partial charge on any atom is 0.123 e. The van der Waals surface area contributed by atoms with Crippen LogP contribution in [0.2, 0.25) is 0 Å². The summed E-state index contributed by atoms with van der Waals surface area (Å²) >= 11 is 0. The van der Waals surface area contributed by atoms with Gasteiger partial charge in [0.1, 0.15) is 5.82 Å².